The van der Waals surface area contributed by atoms with Crippen LogP contribution >= 0.6 is 11.6 Å². The van der Waals surface area contributed by atoms with E-state index in [0.717, 1.165) is 0 Å². The van der Waals surface area contributed by atoms with Gasteiger partial charge in [-0.2, -0.15) is 0 Å². The lowest BCUT2D eigenvalue weighted by Gasteiger charge is -2.15. The zero-order valence-corrected chi connectivity index (χ0v) is 13.8. The lowest BCUT2D eigenvalue weighted by atomic mass is 10.1. The summed E-state index contributed by atoms with van der Waals surface area (Å²) in [4.78, 5) is 45.4. The molecule has 10 heteroatoms. The van der Waals surface area contributed by atoms with Gasteiger partial charge in [-0.15, -0.1) is 0 Å². The van der Waals surface area contributed by atoms with Crippen LogP contribution in [0.4, 0.5) is 4.79 Å². The Morgan fingerprint density at radius 2 is 1.84 bits per heavy atom. The van der Waals surface area contributed by atoms with Crippen molar-refractivity contribution in [3.05, 3.63) is 28.3 Å². The third kappa shape index (κ3) is 4.48. The first-order valence-corrected chi connectivity index (χ1v) is 7.45. The van der Waals surface area contributed by atoms with E-state index in [1.54, 1.807) is 6.92 Å². The predicted molar refractivity (Wildman–Crippen MR) is 87.0 cm³/mol. The monoisotopic (exact) mass is 367 g/mol. The topological polar surface area (TPSA) is 137 Å². The number of benzene rings is 1. The number of ether oxygens (including phenoxy) is 2. The lowest BCUT2D eigenvalue weighted by molar-refractivity contribution is -0.124. The van der Waals surface area contributed by atoms with E-state index in [4.69, 9.17) is 26.8 Å². The number of halogens is 1. The minimum atomic E-state index is -0.893. The van der Waals surface area contributed by atoms with Crippen molar-refractivity contribution in [2.75, 3.05) is 13.2 Å². The summed E-state index contributed by atoms with van der Waals surface area (Å²) in [6.07, 6.45) is 1.24. The Kier molecular flexibility index (Phi) is 5.60. The van der Waals surface area contributed by atoms with E-state index in [1.165, 1.54) is 18.2 Å². The summed E-state index contributed by atoms with van der Waals surface area (Å²) in [7, 11) is 0. The van der Waals surface area contributed by atoms with Gasteiger partial charge in [0.25, 0.3) is 17.7 Å². The Labute approximate surface area is 147 Å². The normalized spacial score (nSPS) is 13.8. The number of hydrogen-bond acceptors (Lipinski definition) is 6. The van der Waals surface area contributed by atoms with Crippen LogP contribution in [0.3, 0.4) is 0 Å². The molecule has 5 amide bonds. The molecule has 0 saturated carbocycles. The Hall–Kier alpha value is -3.07. The van der Waals surface area contributed by atoms with Crippen molar-refractivity contribution >= 4 is 41.4 Å². The average Bonchev–Trinajstić information content (AvgIpc) is 2.50. The van der Waals surface area contributed by atoms with Crippen LogP contribution in [0.25, 0.3) is 6.08 Å². The molecule has 0 atom stereocenters. The number of imide groups is 2. The molecule has 0 spiro atoms. The zero-order chi connectivity index (χ0) is 18.6. The molecule has 9 nitrogen and oxygen atoms in total. The summed E-state index contributed by atoms with van der Waals surface area (Å²) in [6.45, 7) is 1.61. The average molecular weight is 368 g/mol. The van der Waals surface area contributed by atoms with Crippen LogP contribution in [0.15, 0.2) is 17.7 Å². The number of hydrogen-bond donors (Lipinski definition) is 3. The molecule has 1 saturated heterocycles. The molecule has 0 aromatic heterocycles. The van der Waals surface area contributed by atoms with Gasteiger partial charge in [-0.1, -0.05) is 11.6 Å². The van der Waals surface area contributed by atoms with Gasteiger partial charge in [0.1, 0.15) is 5.57 Å². The molecule has 1 aromatic carbocycles. The Morgan fingerprint density at radius 1 is 1.20 bits per heavy atom. The molecular weight excluding hydrogens is 354 g/mol. The highest BCUT2D eigenvalue weighted by molar-refractivity contribution is 6.33. The molecule has 1 heterocycles. The first kappa shape index (κ1) is 18.3. The van der Waals surface area contributed by atoms with Gasteiger partial charge in [-0.3, -0.25) is 25.0 Å². The molecule has 0 aliphatic carbocycles. The molecular formula is C15H14ClN3O6. The van der Waals surface area contributed by atoms with Gasteiger partial charge >= 0.3 is 6.03 Å². The van der Waals surface area contributed by atoms with E-state index in [2.05, 4.69) is 0 Å². The van der Waals surface area contributed by atoms with Crippen molar-refractivity contribution in [2.24, 2.45) is 5.73 Å². The summed E-state index contributed by atoms with van der Waals surface area (Å²) in [5.74, 6) is -2.05. The van der Waals surface area contributed by atoms with Crippen molar-refractivity contribution in [2.45, 2.75) is 6.92 Å². The summed E-state index contributed by atoms with van der Waals surface area (Å²) in [5, 5.41) is 4.01. The van der Waals surface area contributed by atoms with Crippen LogP contribution < -0.4 is 25.8 Å². The number of amides is 5. The number of primary amides is 1. The minimum absolute atomic E-state index is 0.0896. The maximum atomic E-state index is 11.8. The molecule has 25 heavy (non-hydrogen) atoms. The van der Waals surface area contributed by atoms with Crippen LogP contribution in [0, 0.1) is 0 Å². The zero-order valence-electron chi connectivity index (χ0n) is 13.1. The molecule has 1 aliphatic heterocycles. The summed E-state index contributed by atoms with van der Waals surface area (Å²) >= 11 is 6.13. The number of barbiturate groups is 1. The molecule has 0 radical (unpaired) electrons. The predicted octanol–water partition coefficient (Wildman–Crippen LogP) is 0.352. The van der Waals surface area contributed by atoms with Gasteiger partial charge in [-0.05, 0) is 30.7 Å². The van der Waals surface area contributed by atoms with Crippen LogP contribution in [0.1, 0.15) is 12.5 Å². The fraction of sp³-hybridized carbons (Fsp3) is 0.200. The molecule has 1 fully saturated rings. The SMILES string of the molecule is CCOc1cc(C=C2C(=O)NC(=O)NC2=O)cc(Cl)c1OCC(N)=O. The number of nitrogens with two attached hydrogens (primary N) is 1. The first-order chi connectivity index (χ1) is 11.8. The first-order valence-electron chi connectivity index (χ1n) is 7.07. The van der Waals surface area contributed by atoms with E-state index < -0.39 is 30.4 Å². The van der Waals surface area contributed by atoms with Crippen LogP contribution in [-0.4, -0.2) is 37.0 Å². The molecule has 1 aliphatic rings. The van der Waals surface area contributed by atoms with Crippen LogP contribution in [0.5, 0.6) is 11.5 Å². The Balaban J connectivity index is 2.40. The van der Waals surface area contributed by atoms with E-state index in [0.29, 0.717) is 5.56 Å². The van der Waals surface area contributed by atoms with Crippen molar-refractivity contribution < 1.29 is 28.7 Å². The Morgan fingerprint density at radius 3 is 2.40 bits per heavy atom. The van der Waals surface area contributed by atoms with Crippen molar-refractivity contribution in [3.63, 3.8) is 0 Å². The molecule has 132 valence electrons. The molecule has 0 bridgehead atoms. The van der Waals surface area contributed by atoms with Gasteiger partial charge in [0.05, 0.1) is 11.6 Å². The second-order valence-electron chi connectivity index (χ2n) is 4.81. The van der Waals surface area contributed by atoms with E-state index in [1.807, 2.05) is 10.6 Å². The summed E-state index contributed by atoms with van der Waals surface area (Å²) < 4.78 is 10.6. The molecule has 4 N–H and O–H groups in total. The van der Waals surface area contributed by atoms with Gasteiger partial charge < -0.3 is 15.2 Å². The van der Waals surface area contributed by atoms with Crippen LogP contribution in [0.2, 0.25) is 5.02 Å². The number of rotatable bonds is 6. The lowest BCUT2D eigenvalue weighted by Crippen LogP contribution is -2.51. The number of carbonyl (C=O) groups excluding carboxylic acids is 4. The molecule has 0 unspecified atom stereocenters. The van der Waals surface area contributed by atoms with Crippen molar-refractivity contribution in [3.8, 4) is 11.5 Å². The fourth-order valence-electron chi connectivity index (χ4n) is 1.99. The number of urea groups is 1. The summed E-state index contributed by atoms with van der Waals surface area (Å²) in [5.41, 5.74) is 5.12. The van der Waals surface area contributed by atoms with Gasteiger partial charge in [0.15, 0.2) is 18.1 Å². The van der Waals surface area contributed by atoms with E-state index in [9.17, 15) is 19.2 Å². The van der Waals surface area contributed by atoms with Gasteiger partial charge in [0.2, 0.25) is 0 Å². The number of nitrogens with one attached hydrogen (secondary N) is 2. The maximum Gasteiger partial charge on any atom is 0.328 e. The van der Waals surface area contributed by atoms with Gasteiger partial charge in [0, 0.05) is 0 Å². The third-order valence-electron chi connectivity index (χ3n) is 2.94. The highest BCUT2D eigenvalue weighted by Crippen LogP contribution is 2.37. The highest BCUT2D eigenvalue weighted by Gasteiger charge is 2.28. The van der Waals surface area contributed by atoms with Crippen molar-refractivity contribution in [1.82, 2.24) is 10.6 Å². The largest absolute Gasteiger partial charge is 0.490 e. The fourth-order valence-corrected chi connectivity index (χ4v) is 2.26. The summed E-state index contributed by atoms with van der Waals surface area (Å²) in [6, 6.07) is 1.98. The van der Waals surface area contributed by atoms with E-state index >= 15 is 0 Å². The second-order valence-corrected chi connectivity index (χ2v) is 5.22. The van der Waals surface area contributed by atoms with Gasteiger partial charge in [-0.25, -0.2) is 4.79 Å². The number of carbonyl (C=O) groups is 4. The van der Waals surface area contributed by atoms with Crippen molar-refractivity contribution in [1.29, 1.82) is 0 Å². The van der Waals surface area contributed by atoms with Crippen LogP contribution in [-0.2, 0) is 14.4 Å². The minimum Gasteiger partial charge on any atom is -0.490 e. The standard InChI is InChI=1S/C15H14ClN3O6/c1-2-24-10-5-7(4-9(16)12(10)25-6-11(17)20)3-8-13(21)18-15(23)19-14(8)22/h3-5H,2,6H2,1H3,(H2,17,20)(H2,18,19,21,22,23). The highest BCUT2D eigenvalue weighted by atomic mass is 35.5. The Bertz CT molecular complexity index is 768. The second kappa shape index (κ2) is 7.67. The molecule has 2 rings (SSSR count). The maximum absolute atomic E-state index is 11.8. The molecule has 1 aromatic rings. The third-order valence-corrected chi connectivity index (χ3v) is 3.23. The smallest absolute Gasteiger partial charge is 0.328 e. The quantitative estimate of drug-likeness (QED) is 0.490. The van der Waals surface area contributed by atoms with E-state index in [-0.39, 0.29) is 28.7 Å².